The molecular weight excluding hydrogens is 213 g/mol. The van der Waals surface area contributed by atoms with Gasteiger partial charge >= 0.3 is 0 Å². The number of halogens is 1. The summed E-state index contributed by atoms with van der Waals surface area (Å²) in [5, 5.41) is 3.67. The van der Waals surface area contributed by atoms with Crippen LogP contribution in [0.15, 0.2) is 24.3 Å². The zero-order valence-electron chi connectivity index (χ0n) is 10.8. The predicted molar refractivity (Wildman–Crippen MR) is 69.5 cm³/mol. The number of nitrogens with one attached hydrogen (secondary N) is 1. The first-order valence-electron chi connectivity index (χ1n) is 6.59. The molecule has 2 rings (SSSR count). The van der Waals surface area contributed by atoms with Crippen LogP contribution in [0.4, 0.5) is 4.39 Å². The minimum atomic E-state index is -0.147. The summed E-state index contributed by atoms with van der Waals surface area (Å²) in [6.45, 7) is 5.66. The Morgan fingerprint density at radius 1 is 1.29 bits per heavy atom. The average Bonchev–Trinajstić information content (AvgIpc) is 2.69. The van der Waals surface area contributed by atoms with Crippen LogP contribution in [0.5, 0.6) is 0 Å². The third-order valence-corrected chi connectivity index (χ3v) is 3.59. The summed E-state index contributed by atoms with van der Waals surface area (Å²) in [5.41, 5.74) is 1.48. The molecular formula is C15H22FN. The SMILES string of the molecule is CC(C)CC1(Cc2ccc(F)cc2)CCCN1. The van der Waals surface area contributed by atoms with Crippen molar-refractivity contribution in [1.82, 2.24) is 5.32 Å². The summed E-state index contributed by atoms with van der Waals surface area (Å²) >= 11 is 0. The predicted octanol–water partition coefficient (Wildman–Crippen LogP) is 3.54. The third kappa shape index (κ3) is 3.29. The number of benzene rings is 1. The van der Waals surface area contributed by atoms with Crippen LogP contribution >= 0.6 is 0 Å². The van der Waals surface area contributed by atoms with Gasteiger partial charge in [-0.2, -0.15) is 0 Å². The van der Waals surface area contributed by atoms with Crippen LogP contribution in [-0.2, 0) is 6.42 Å². The van der Waals surface area contributed by atoms with E-state index in [4.69, 9.17) is 0 Å². The Balaban J connectivity index is 2.09. The molecule has 0 amide bonds. The van der Waals surface area contributed by atoms with Gasteiger partial charge in [-0.05, 0) is 55.8 Å². The van der Waals surface area contributed by atoms with Crippen molar-refractivity contribution in [2.75, 3.05) is 6.54 Å². The van der Waals surface area contributed by atoms with Crippen LogP contribution < -0.4 is 5.32 Å². The second-order valence-corrected chi connectivity index (χ2v) is 5.71. The van der Waals surface area contributed by atoms with Gasteiger partial charge in [0.05, 0.1) is 0 Å². The smallest absolute Gasteiger partial charge is 0.123 e. The molecule has 0 spiro atoms. The fraction of sp³-hybridized carbons (Fsp3) is 0.600. The first kappa shape index (κ1) is 12.6. The van der Waals surface area contributed by atoms with Crippen LogP contribution in [0.2, 0.25) is 0 Å². The van der Waals surface area contributed by atoms with Crippen molar-refractivity contribution in [3.8, 4) is 0 Å². The molecule has 1 aliphatic rings. The molecule has 2 heteroatoms. The standard InChI is InChI=1S/C15H22FN/c1-12(2)10-15(8-3-9-17-15)11-13-4-6-14(16)7-5-13/h4-7,12,17H,3,8-11H2,1-2H3. The largest absolute Gasteiger partial charge is 0.311 e. The van der Waals surface area contributed by atoms with Crippen molar-refractivity contribution in [2.24, 2.45) is 5.92 Å². The summed E-state index contributed by atoms with van der Waals surface area (Å²) in [6.07, 6.45) is 4.71. The molecule has 17 heavy (non-hydrogen) atoms. The van der Waals surface area contributed by atoms with E-state index in [1.807, 2.05) is 12.1 Å². The van der Waals surface area contributed by atoms with Crippen molar-refractivity contribution in [2.45, 2.75) is 45.1 Å². The van der Waals surface area contributed by atoms with Gasteiger partial charge in [-0.15, -0.1) is 0 Å². The molecule has 0 bridgehead atoms. The molecule has 1 aromatic rings. The molecule has 1 aromatic carbocycles. The Bertz CT molecular complexity index is 350. The molecule has 0 saturated carbocycles. The van der Waals surface area contributed by atoms with Crippen molar-refractivity contribution in [3.05, 3.63) is 35.6 Å². The van der Waals surface area contributed by atoms with Gasteiger partial charge in [0.25, 0.3) is 0 Å². The van der Waals surface area contributed by atoms with E-state index in [2.05, 4.69) is 19.2 Å². The number of rotatable bonds is 4. The van der Waals surface area contributed by atoms with Gasteiger partial charge in [-0.1, -0.05) is 26.0 Å². The third-order valence-electron chi connectivity index (χ3n) is 3.59. The Morgan fingerprint density at radius 3 is 2.53 bits per heavy atom. The summed E-state index contributed by atoms with van der Waals surface area (Å²) in [6, 6.07) is 6.95. The maximum absolute atomic E-state index is 12.9. The van der Waals surface area contributed by atoms with Gasteiger partial charge in [-0.25, -0.2) is 4.39 Å². The summed E-state index contributed by atoms with van der Waals surface area (Å²) in [4.78, 5) is 0. The van der Waals surface area contributed by atoms with E-state index in [1.165, 1.54) is 24.8 Å². The minimum absolute atomic E-state index is 0.147. The first-order chi connectivity index (χ1) is 8.10. The second kappa shape index (κ2) is 5.18. The van der Waals surface area contributed by atoms with Crippen molar-refractivity contribution in [3.63, 3.8) is 0 Å². The zero-order valence-corrected chi connectivity index (χ0v) is 10.8. The second-order valence-electron chi connectivity index (χ2n) is 5.71. The van der Waals surface area contributed by atoms with E-state index in [0.717, 1.165) is 13.0 Å². The van der Waals surface area contributed by atoms with Crippen LogP contribution in [-0.4, -0.2) is 12.1 Å². The highest BCUT2D eigenvalue weighted by Gasteiger charge is 2.33. The monoisotopic (exact) mass is 235 g/mol. The minimum Gasteiger partial charge on any atom is -0.311 e. The molecule has 1 fully saturated rings. The Hall–Kier alpha value is -0.890. The summed E-state index contributed by atoms with van der Waals surface area (Å²) in [7, 11) is 0. The number of hydrogen-bond donors (Lipinski definition) is 1. The maximum atomic E-state index is 12.9. The van der Waals surface area contributed by atoms with E-state index in [1.54, 1.807) is 12.1 Å². The molecule has 0 aromatic heterocycles. The molecule has 1 unspecified atom stereocenters. The molecule has 0 aliphatic carbocycles. The Kier molecular flexibility index (Phi) is 3.82. The summed E-state index contributed by atoms with van der Waals surface area (Å²) in [5.74, 6) is 0.548. The van der Waals surface area contributed by atoms with Gasteiger partial charge in [-0.3, -0.25) is 0 Å². The lowest BCUT2D eigenvalue weighted by Gasteiger charge is -2.31. The highest BCUT2D eigenvalue weighted by atomic mass is 19.1. The van der Waals surface area contributed by atoms with E-state index in [9.17, 15) is 4.39 Å². The van der Waals surface area contributed by atoms with Crippen molar-refractivity contribution >= 4 is 0 Å². The van der Waals surface area contributed by atoms with Gasteiger partial charge < -0.3 is 5.32 Å². The van der Waals surface area contributed by atoms with Gasteiger partial charge in [0.15, 0.2) is 0 Å². The van der Waals surface area contributed by atoms with E-state index >= 15 is 0 Å². The topological polar surface area (TPSA) is 12.0 Å². The molecule has 1 heterocycles. The fourth-order valence-corrected chi connectivity index (χ4v) is 3.04. The Labute approximate surface area is 103 Å². The van der Waals surface area contributed by atoms with Crippen molar-refractivity contribution < 1.29 is 4.39 Å². The van der Waals surface area contributed by atoms with Crippen LogP contribution in [0.25, 0.3) is 0 Å². The molecule has 1 nitrogen and oxygen atoms in total. The van der Waals surface area contributed by atoms with E-state index in [0.29, 0.717) is 5.92 Å². The lowest BCUT2D eigenvalue weighted by Crippen LogP contribution is -2.43. The van der Waals surface area contributed by atoms with Crippen LogP contribution in [0.1, 0.15) is 38.7 Å². The fourth-order valence-electron chi connectivity index (χ4n) is 3.04. The molecule has 1 saturated heterocycles. The van der Waals surface area contributed by atoms with Gasteiger partial charge in [0.1, 0.15) is 5.82 Å². The molecule has 1 aliphatic heterocycles. The quantitative estimate of drug-likeness (QED) is 0.841. The van der Waals surface area contributed by atoms with Crippen LogP contribution in [0.3, 0.4) is 0 Å². The number of hydrogen-bond acceptors (Lipinski definition) is 1. The Morgan fingerprint density at radius 2 is 2.00 bits per heavy atom. The van der Waals surface area contributed by atoms with Crippen molar-refractivity contribution in [1.29, 1.82) is 0 Å². The lowest BCUT2D eigenvalue weighted by molar-refractivity contribution is 0.301. The first-order valence-corrected chi connectivity index (χ1v) is 6.59. The van der Waals surface area contributed by atoms with Gasteiger partial charge in [0, 0.05) is 5.54 Å². The normalized spacial score (nSPS) is 24.5. The van der Waals surface area contributed by atoms with Crippen LogP contribution in [0, 0.1) is 11.7 Å². The highest BCUT2D eigenvalue weighted by molar-refractivity contribution is 5.19. The highest BCUT2D eigenvalue weighted by Crippen LogP contribution is 2.30. The average molecular weight is 235 g/mol. The molecule has 94 valence electrons. The zero-order chi connectivity index (χ0) is 12.3. The molecule has 1 N–H and O–H groups in total. The van der Waals surface area contributed by atoms with E-state index in [-0.39, 0.29) is 11.4 Å². The molecule has 1 atom stereocenters. The van der Waals surface area contributed by atoms with E-state index < -0.39 is 0 Å². The summed E-state index contributed by atoms with van der Waals surface area (Å²) < 4.78 is 12.9. The maximum Gasteiger partial charge on any atom is 0.123 e. The molecule has 0 radical (unpaired) electrons. The lowest BCUT2D eigenvalue weighted by atomic mass is 9.82. The van der Waals surface area contributed by atoms with Gasteiger partial charge in [0.2, 0.25) is 0 Å².